The van der Waals surface area contributed by atoms with Crippen molar-refractivity contribution in [3.8, 4) is 0 Å². The number of aromatic nitrogens is 1. The van der Waals surface area contributed by atoms with Gasteiger partial charge in [0.05, 0.1) is 35.3 Å². The molecule has 1 aromatic carbocycles. The Balaban J connectivity index is 2.13. The number of esters is 1. The van der Waals surface area contributed by atoms with Crippen LogP contribution in [0.2, 0.25) is 0 Å². The van der Waals surface area contributed by atoms with Gasteiger partial charge < -0.3 is 9.64 Å². The van der Waals surface area contributed by atoms with Gasteiger partial charge in [-0.3, -0.25) is 9.78 Å². The summed E-state index contributed by atoms with van der Waals surface area (Å²) in [5, 5.41) is 3.98. The van der Waals surface area contributed by atoms with Gasteiger partial charge in [-0.15, -0.1) is 0 Å². The van der Waals surface area contributed by atoms with E-state index in [9.17, 15) is 9.59 Å². The first kappa shape index (κ1) is 20.1. The SMILES string of the molecule is CCOC(=O)c1cc(C(=O)N/N=C/c2ccc(N(C)C)cc2)c(C)nc1C. The molecule has 0 aliphatic rings. The Labute approximate surface area is 159 Å². The minimum Gasteiger partial charge on any atom is -0.462 e. The summed E-state index contributed by atoms with van der Waals surface area (Å²) in [6.07, 6.45) is 1.56. The highest BCUT2D eigenvalue weighted by Crippen LogP contribution is 2.14. The van der Waals surface area contributed by atoms with Crippen molar-refractivity contribution in [1.29, 1.82) is 0 Å². The van der Waals surface area contributed by atoms with Crippen LogP contribution < -0.4 is 10.3 Å². The predicted octanol–water partition coefficient (Wildman–Crippen LogP) is 2.71. The Kier molecular flexibility index (Phi) is 6.65. The second kappa shape index (κ2) is 8.93. The first-order chi connectivity index (χ1) is 12.8. The minimum atomic E-state index is -0.499. The van der Waals surface area contributed by atoms with E-state index in [2.05, 4.69) is 15.5 Å². The summed E-state index contributed by atoms with van der Waals surface area (Å²) in [7, 11) is 3.93. The Morgan fingerprint density at radius 2 is 1.78 bits per heavy atom. The Hall–Kier alpha value is -3.22. The third kappa shape index (κ3) is 5.13. The predicted molar refractivity (Wildman–Crippen MR) is 105 cm³/mol. The van der Waals surface area contributed by atoms with Gasteiger partial charge in [0.2, 0.25) is 0 Å². The smallest absolute Gasteiger partial charge is 0.339 e. The van der Waals surface area contributed by atoms with Crippen molar-refractivity contribution in [1.82, 2.24) is 10.4 Å². The largest absolute Gasteiger partial charge is 0.462 e. The average molecular weight is 368 g/mol. The van der Waals surface area contributed by atoms with Crippen molar-refractivity contribution in [3.63, 3.8) is 0 Å². The lowest BCUT2D eigenvalue weighted by Gasteiger charge is -2.11. The number of hydrogen-bond acceptors (Lipinski definition) is 6. The number of nitrogens with zero attached hydrogens (tertiary/aromatic N) is 3. The van der Waals surface area contributed by atoms with Crippen LogP contribution in [0, 0.1) is 13.8 Å². The summed E-state index contributed by atoms with van der Waals surface area (Å²) < 4.78 is 5.01. The van der Waals surface area contributed by atoms with Crippen LogP contribution in [0.1, 0.15) is 44.6 Å². The van der Waals surface area contributed by atoms with Crippen LogP contribution in [0.25, 0.3) is 0 Å². The fourth-order valence-electron chi connectivity index (χ4n) is 2.45. The lowest BCUT2D eigenvalue weighted by molar-refractivity contribution is 0.0525. The molecule has 0 saturated carbocycles. The van der Waals surface area contributed by atoms with Crippen molar-refractivity contribution >= 4 is 23.8 Å². The number of nitrogens with one attached hydrogen (secondary N) is 1. The van der Waals surface area contributed by atoms with E-state index in [0.717, 1.165) is 11.3 Å². The summed E-state index contributed by atoms with van der Waals surface area (Å²) in [4.78, 5) is 30.7. The molecule has 142 valence electrons. The van der Waals surface area contributed by atoms with Crippen molar-refractivity contribution in [2.45, 2.75) is 20.8 Å². The molecule has 1 aromatic heterocycles. The third-order valence-corrected chi connectivity index (χ3v) is 3.93. The van der Waals surface area contributed by atoms with Gasteiger partial charge in [0.25, 0.3) is 5.91 Å². The van der Waals surface area contributed by atoms with Gasteiger partial charge >= 0.3 is 5.97 Å². The number of carbonyl (C=O) groups excluding carboxylic acids is 2. The minimum absolute atomic E-state index is 0.255. The zero-order chi connectivity index (χ0) is 20.0. The number of pyridine rings is 1. The first-order valence-corrected chi connectivity index (χ1v) is 8.59. The topological polar surface area (TPSA) is 83.9 Å². The van der Waals surface area contributed by atoms with Crippen molar-refractivity contribution < 1.29 is 14.3 Å². The lowest BCUT2D eigenvalue weighted by Crippen LogP contribution is -2.21. The van der Waals surface area contributed by atoms with Crippen molar-refractivity contribution in [2.24, 2.45) is 5.10 Å². The normalized spacial score (nSPS) is 10.7. The van der Waals surface area contributed by atoms with E-state index in [1.165, 1.54) is 6.07 Å². The standard InChI is InChI=1S/C20H24N4O3/c1-6-27-20(26)18-11-17(13(2)22-14(18)3)19(25)23-21-12-15-7-9-16(10-8-15)24(4)5/h7-12H,6H2,1-5H3,(H,23,25)/b21-12+. The summed E-state index contributed by atoms with van der Waals surface area (Å²) in [5.41, 5.74) is 5.99. The van der Waals surface area contributed by atoms with Gasteiger partial charge in [0.1, 0.15) is 0 Å². The maximum absolute atomic E-state index is 12.4. The highest BCUT2D eigenvalue weighted by molar-refractivity contribution is 5.99. The molecule has 0 spiro atoms. The van der Waals surface area contributed by atoms with E-state index in [1.54, 1.807) is 27.0 Å². The van der Waals surface area contributed by atoms with Crippen LogP contribution in [0.5, 0.6) is 0 Å². The van der Waals surface area contributed by atoms with Gasteiger partial charge in [-0.05, 0) is 44.5 Å². The van der Waals surface area contributed by atoms with Crippen LogP contribution in [-0.4, -0.2) is 43.8 Å². The zero-order valence-corrected chi connectivity index (χ0v) is 16.2. The Bertz CT molecular complexity index is 858. The van der Waals surface area contributed by atoms with Crippen LogP contribution in [0.4, 0.5) is 5.69 Å². The first-order valence-electron chi connectivity index (χ1n) is 8.59. The molecular formula is C20H24N4O3. The number of hydrogen-bond donors (Lipinski definition) is 1. The maximum Gasteiger partial charge on any atom is 0.339 e. The fraction of sp³-hybridized carbons (Fsp3) is 0.300. The van der Waals surface area contributed by atoms with E-state index in [4.69, 9.17) is 4.74 Å². The summed E-state index contributed by atoms with van der Waals surface area (Å²) in [6, 6.07) is 9.23. The molecule has 1 N–H and O–H groups in total. The maximum atomic E-state index is 12.4. The highest BCUT2D eigenvalue weighted by atomic mass is 16.5. The molecule has 0 radical (unpaired) electrons. The highest BCUT2D eigenvalue weighted by Gasteiger charge is 2.17. The van der Waals surface area contributed by atoms with Crippen LogP contribution in [0.15, 0.2) is 35.4 Å². The number of benzene rings is 1. The number of amides is 1. The quantitative estimate of drug-likeness (QED) is 0.481. The molecule has 0 saturated heterocycles. The van der Waals surface area contributed by atoms with Crippen LogP contribution in [0.3, 0.4) is 0 Å². The van der Waals surface area contributed by atoms with Gasteiger partial charge in [-0.25, -0.2) is 10.2 Å². The number of anilines is 1. The lowest BCUT2D eigenvalue weighted by atomic mass is 10.1. The number of rotatable bonds is 6. The molecule has 7 nitrogen and oxygen atoms in total. The Morgan fingerprint density at radius 3 is 2.37 bits per heavy atom. The van der Waals surface area contributed by atoms with E-state index >= 15 is 0 Å². The molecule has 0 bridgehead atoms. The zero-order valence-electron chi connectivity index (χ0n) is 16.2. The van der Waals surface area contributed by atoms with E-state index < -0.39 is 11.9 Å². The van der Waals surface area contributed by atoms with Crippen LogP contribution >= 0.6 is 0 Å². The molecule has 1 heterocycles. The monoisotopic (exact) mass is 368 g/mol. The average Bonchev–Trinajstić information content (AvgIpc) is 2.62. The van der Waals surface area contributed by atoms with Gasteiger partial charge in [0, 0.05) is 19.8 Å². The molecule has 27 heavy (non-hydrogen) atoms. The molecular weight excluding hydrogens is 344 g/mol. The molecule has 0 unspecified atom stereocenters. The van der Waals surface area contributed by atoms with Crippen molar-refractivity contribution in [2.75, 3.05) is 25.6 Å². The molecule has 2 aromatic rings. The van der Waals surface area contributed by atoms with Gasteiger partial charge in [-0.1, -0.05) is 12.1 Å². The molecule has 7 heteroatoms. The van der Waals surface area contributed by atoms with Gasteiger partial charge in [-0.2, -0.15) is 5.10 Å². The molecule has 0 aliphatic carbocycles. The molecule has 0 fully saturated rings. The molecule has 1 amide bonds. The number of hydrazone groups is 1. The van der Waals surface area contributed by atoms with Crippen molar-refractivity contribution in [3.05, 3.63) is 58.4 Å². The Morgan fingerprint density at radius 1 is 1.15 bits per heavy atom. The molecule has 0 atom stereocenters. The van der Waals surface area contributed by atoms with E-state index in [-0.39, 0.29) is 17.7 Å². The van der Waals surface area contributed by atoms with E-state index in [1.807, 2.05) is 43.3 Å². The fourth-order valence-corrected chi connectivity index (χ4v) is 2.45. The van der Waals surface area contributed by atoms with E-state index in [0.29, 0.717) is 11.4 Å². The summed E-state index contributed by atoms with van der Waals surface area (Å²) in [6.45, 7) is 5.39. The number of aryl methyl sites for hydroxylation is 2. The second-order valence-corrected chi connectivity index (χ2v) is 6.16. The molecule has 2 rings (SSSR count). The summed E-state index contributed by atoms with van der Waals surface area (Å²) in [5.74, 6) is -0.937. The number of ether oxygens (including phenoxy) is 1. The number of carbonyl (C=O) groups is 2. The summed E-state index contributed by atoms with van der Waals surface area (Å²) >= 11 is 0. The third-order valence-electron chi connectivity index (χ3n) is 3.93. The molecule has 0 aliphatic heterocycles. The van der Waals surface area contributed by atoms with Crippen LogP contribution in [-0.2, 0) is 4.74 Å². The van der Waals surface area contributed by atoms with Gasteiger partial charge in [0.15, 0.2) is 0 Å². The second-order valence-electron chi connectivity index (χ2n) is 6.16.